The van der Waals surface area contributed by atoms with E-state index in [1.807, 2.05) is 16.9 Å². The maximum atomic E-state index is 5.97. The van der Waals surface area contributed by atoms with Gasteiger partial charge in [-0.05, 0) is 38.0 Å². The van der Waals surface area contributed by atoms with Gasteiger partial charge in [-0.15, -0.1) is 5.10 Å². The van der Waals surface area contributed by atoms with Crippen molar-refractivity contribution in [2.75, 3.05) is 16.8 Å². The molecule has 3 aromatic heterocycles. The molecule has 9 nitrogen and oxygen atoms in total. The summed E-state index contributed by atoms with van der Waals surface area (Å²) in [4.78, 5) is 12.1. The quantitative estimate of drug-likeness (QED) is 0.715. The predicted molar refractivity (Wildman–Crippen MR) is 102 cm³/mol. The van der Waals surface area contributed by atoms with E-state index in [4.69, 9.17) is 14.7 Å². The van der Waals surface area contributed by atoms with E-state index >= 15 is 0 Å². The van der Waals surface area contributed by atoms with Crippen LogP contribution in [0.15, 0.2) is 18.7 Å². The Hall–Kier alpha value is -2.68. The van der Waals surface area contributed by atoms with Gasteiger partial charge in [0.2, 0.25) is 5.95 Å². The van der Waals surface area contributed by atoms with Crippen molar-refractivity contribution in [2.45, 2.75) is 56.4 Å². The lowest BCUT2D eigenvalue weighted by Gasteiger charge is -2.28. The van der Waals surface area contributed by atoms with E-state index in [2.05, 4.69) is 25.5 Å². The Labute approximate surface area is 161 Å². The Balaban J connectivity index is 1.32. The summed E-state index contributed by atoms with van der Waals surface area (Å²) in [6.07, 6.45) is 12.1. The van der Waals surface area contributed by atoms with Crippen molar-refractivity contribution >= 4 is 17.3 Å². The van der Waals surface area contributed by atoms with Crippen molar-refractivity contribution in [3.8, 4) is 11.3 Å². The Morgan fingerprint density at radius 3 is 2.89 bits per heavy atom. The fraction of sp³-hybridized carbons (Fsp3) is 0.579. The van der Waals surface area contributed by atoms with Gasteiger partial charge >= 0.3 is 0 Å². The molecule has 4 aliphatic heterocycles. The highest BCUT2D eigenvalue weighted by Crippen LogP contribution is 2.46. The van der Waals surface area contributed by atoms with Crippen LogP contribution < -0.4 is 10.2 Å². The molecular weight excluding hydrogens is 356 g/mol. The highest BCUT2D eigenvalue weighted by molar-refractivity contribution is 5.85. The van der Waals surface area contributed by atoms with Gasteiger partial charge in [-0.1, -0.05) is 0 Å². The first kappa shape index (κ1) is 15.3. The van der Waals surface area contributed by atoms with Crippen LogP contribution in [-0.2, 0) is 4.74 Å². The number of rotatable bonds is 4. The molecule has 3 aromatic rings. The van der Waals surface area contributed by atoms with E-state index in [1.54, 1.807) is 6.33 Å². The third-order valence-corrected chi connectivity index (χ3v) is 6.95. The van der Waals surface area contributed by atoms with Crippen LogP contribution in [0.1, 0.15) is 32.1 Å². The van der Waals surface area contributed by atoms with Gasteiger partial charge in [0.05, 0.1) is 24.4 Å². The Morgan fingerprint density at radius 2 is 2.18 bits per heavy atom. The summed E-state index contributed by atoms with van der Waals surface area (Å²) in [7, 11) is 0. The maximum absolute atomic E-state index is 5.97. The molecule has 0 radical (unpaired) electrons. The van der Waals surface area contributed by atoms with Gasteiger partial charge < -0.3 is 15.0 Å². The van der Waals surface area contributed by atoms with Crippen molar-refractivity contribution in [3.63, 3.8) is 0 Å². The third kappa shape index (κ3) is 2.10. The molecule has 28 heavy (non-hydrogen) atoms. The van der Waals surface area contributed by atoms with E-state index < -0.39 is 0 Å². The zero-order valence-corrected chi connectivity index (χ0v) is 15.5. The zero-order chi connectivity index (χ0) is 18.2. The van der Waals surface area contributed by atoms with E-state index in [1.165, 1.54) is 19.3 Å². The van der Waals surface area contributed by atoms with E-state index in [0.717, 1.165) is 47.9 Å². The van der Waals surface area contributed by atoms with Gasteiger partial charge in [-0.2, -0.15) is 14.6 Å². The topological polar surface area (TPSA) is 96.3 Å². The summed E-state index contributed by atoms with van der Waals surface area (Å²) in [5, 5.41) is 15.2. The minimum Gasteiger partial charge on any atom is -0.373 e. The minimum atomic E-state index is 0.293. The molecule has 8 rings (SSSR count). The van der Waals surface area contributed by atoms with Crippen LogP contribution in [0.25, 0.3) is 16.9 Å². The molecule has 3 unspecified atom stereocenters. The average molecular weight is 378 g/mol. The first-order valence-corrected chi connectivity index (χ1v) is 10.2. The molecule has 2 N–H and O–H groups in total. The number of anilines is 2. The van der Waals surface area contributed by atoms with Gasteiger partial charge in [0, 0.05) is 24.3 Å². The number of nitrogens with one attached hydrogen (secondary N) is 2. The van der Waals surface area contributed by atoms with Crippen LogP contribution in [0.4, 0.5) is 11.6 Å². The highest BCUT2D eigenvalue weighted by atomic mass is 16.5. The lowest BCUT2D eigenvalue weighted by Crippen LogP contribution is -2.30. The molecule has 0 spiro atoms. The smallest absolute Gasteiger partial charge is 0.243 e. The number of aromatic amines is 1. The van der Waals surface area contributed by atoms with E-state index in [9.17, 15) is 0 Å². The van der Waals surface area contributed by atoms with Gasteiger partial charge in [0.1, 0.15) is 17.7 Å². The molecule has 4 saturated heterocycles. The number of nitrogens with zero attached hydrogens (tertiary/aromatic N) is 6. The zero-order valence-electron chi connectivity index (χ0n) is 15.5. The molecule has 9 heteroatoms. The average Bonchev–Trinajstić information content (AvgIpc) is 3.50. The summed E-state index contributed by atoms with van der Waals surface area (Å²) in [6.45, 7) is 1.08. The van der Waals surface area contributed by atoms with Gasteiger partial charge in [0.25, 0.3) is 0 Å². The monoisotopic (exact) mass is 378 g/mol. The molecular formula is C19H22N8O. The molecule has 0 amide bonds. The summed E-state index contributed by atoms with van der Waals surface area (Å²) in [6, 6.07) is 0.899. The molecule has 4 bridgehead atoms. The molecule has 1 saturated carbocycles. The number of H-pyrrole nitrogens is 1. The first-order chi connectivity index (χ1) is 13.8. The molecule has 144 valence electrons. The number of ether oxygens (including phenoxy) is 1. The molecule has 1 aliphatic carbocycles. The van der Waals surface area contributed by atoms with Crippen molar-refractivity contribution in [2.24, 2.45) is 5.92 Å². The summed E-state index contributed by atoms with van der Waals surface area (Å²) < 4.78 is 7.78. The Morgan fingerprint density at radius 1 is 1.21 bits per heavy atom. The van der Waals surface area contributed by atoms with Crippen LogP contribution in [0, 0.1) is 5.92 Å². The SMILES string of the molecule is c1n[nH]cc1-c1ncn2nc(NC3CC4CCC3O4)nc2c1N1CC2CC1C2. The number of aromatic nitrogens is 6. The van der Waals surface area contributed by atoms with Crippen LogP contribution in [-0.4, -0.2) is 60.6 Å². The lowest BCUT2D eigenvalue weighted by molar-refractivity contribution is 0.102. The van der Waals surface area contributed by atoms with Crippen LogP contribution >= 0.6 is 0 Å². The lowest BCUT2D eigenvalue weighted by atomic mass is 9.86. The van der Waals surface area contributed by atoms with E-state index in [0.29, 0.717) is 30.2 Å². The van der Waals surface area contributed by atoms with Crippen LogP contribution in [0.3, 0.4) is 0 Å². The van der Waals surface area contributed by atoms with Crippen molar-refractivity contribution < 1.29 is 4.74 Å². The second-order valence-corrected chi connectivity index (χ2v) is 8.64. The number of hydrogen-bond donors (Lipinski definition) is 2. The molecule has 7 heterocycles. The summed E-state index contributed by atoms with van der Waals surface area (Å²) in [5.74, 6) is 1.47. The second kappa shape index (κ2) is 5.44. The molecule has 3 atom stereocenters. The van der Waals surface area contributed by atoms with Gasteiger partial charge in [-0.3, -0.25) is 5.10 Å². The van der Waals surface area contributed by atoms with Crippen molar-refractivity contribution in [3.05, 3.63) is 18.7 Å². The summed E-state index contributed by atoms with van der Waals surface area (Å²) in [5.41, 5.74) is 3.86. The number of fused-ring (bicyclic) bond motifs is 4. The van der Waals surface area contributed by atoms with Gasteiger partial charge in [-0.25, -0.2) is 4.98 Å². The fourth-order valence-corrected chi connectivity index (χ4v) is 5.52. The fourth-order valence-electron chi connectivity index (χ4n) is 5.52. The summed E-state index contributed by atoms with van der Waals surface area (Å²) >= 11 is 0. The van der Waals surface area contributed by atoms with Gasteiger partial charge in [0.15, 0.2) is 5.65 Å². The van der Waals surface area contributed by atoms with Crippen molar-refractivity contribution in [1.82, 2.24) is 29.8 Å². The third-order valence-electron chi connectivity index (χ3n) is 6.95. The van der Waals surface area contributed by atoms with E-state index in [-0.39, 0.29) is 0 Å². The Bertz CT molecular complexity index is 1040. The normalized spacial score (nSPS) is 33.0. The largest absolute Gasteiger partial charge is 0.373 e. The Kier molecular flexibility index (Phi) is 2.96. The minimum absolute atomic E-state index is 0.293. The first-order valence-electron chi connectivity index (χ1n) is 10.2. The van der Waals surface area contributed by atoms with Crippen LogP contribution in [0.2, 0.25) is 0 Å². The standard InChI is InChI=1S/C19H22N8O/c1-2-15-14(5-13(1)28-15)23-19-24-18-17(26-8-10-3-12(26)4-10)16(11-6-21-22-7-11)20-9-27(18)25-19/h6-7,9-10,12-15H,1-5,8H2,(H,21,22)(H,23,25). The molecule has 0 aromatic carbocycles. The van der Waals surface area contributed by atoms with Crippen molar-refractivity contribution in [1.29, 1.82) is 0 Å². The predicted octanol–water partition coefficient (Wildman–Crippen LogP) is 1.84. The molecule has 5 aliphatic rings. The molecule has 5 fully saturated rings. The second-order valence-electron chi connectivity index (χ2n) is 8.64. The highest BCUT2D eigenvalue weighted by Gasteiger charge is 2.45. The maximum Gasteiger partial charge on any atom is 0.243 e. The van der Waals surface area contributed by atoms with Crippen LogP contribution in [0.5, 0.6) is 0 Å². The number of hydrogen-bond acceptors (Lipinski definition) is 7.